The Bertz CT molecular complexity index is 1260. The van der Waals surface area contributed by atoms with Crippen molar-refractivity contribution >= 4 is 28.4 Å². The topological polar surface area (TPSA) is 85.5 Å². The molecular weight excluding hydrogens is 445 g/mol. The third-order valence-corrected chi connectivity index (χ3v) is 5.96. The number of alkyl halides is 3. The molecule has 4 rings (SSSR count). The second-order valence-electron chi connectivity index (χ2n) is 7.00. The predicted molar refractivity (Wildman–Crippen MR) is 112 cm³/mol. The van der Waals surface area contributed by atoms with Crippen LogP contribution in [-0.4, -0.2) is 27.7 Å². The van der Waals surface area contributed by atoms with Gasteiger partial charge in [0.05, 0.1) is 11.3 Å². The van der Waals surface area contributed by atoms with Crippen LogP contribution in [0.2, 0.25) is 0 Å². The largest absolute Gasteiger partial charge is 0.479 e. The van der Waals surface area contributed by atoms with Crippen molar-refractivity contribution in [1.29, 1.82) is 0 Å². The van der Waals surface area contributed by atoms with Crippen LogP contribution < -0.4 is 4.74 Å². The molecule has 2 aromatic carbocycles. The van der Waals surface area contributed by atoms with E-state index in [-0.39, 0.29) is 0 Å². The van der Waals surface area contributed by atoms with Gasteiger partial charge in [0, 0.05) is 16.9 Å². The molecule has 1 N–H and O–H groups in total. The van der Waals surface area contributed by atoms with E-state index < -0.39 is 24.3 Å². The lowest BCUT2D eigenvalue weighted by atomic mass is 10.1. The maximum Gasteiger partial charge on any atom is 0.416 e. The Labute approximate surface area is 184 Å². The number of nitrogens with zero attached hydrogens (tertiary/aromatic N) is 2. The lowest BCUT2D eigenvalue weighted by Gasteiger charge is -2.06. The van der Waals surface area contributed by atoms with Gasteiger partial charge in [-0.3, -0.25) is 0 Å². The van der Waals surface area contributed by atoms with E-state index in [1.807, 2.05) is 6.92 Å². The number of carboxylic acid groups (broad SMARTS) is 1. The number of rotatable bonds is 7. The summed E-state index contributed by atoms with van der Waals surface area (Å²) in [5, 5.41) is 9.44. The van der Waals surface area contributed by atoms with Crippen LogP contribution >= 0.6 is 11.3 Å². The third-order valence-electron chi connectivity index (χ3n) is 4.69. The number of carboxylic acids is 1. The van der Waals surface area contributed by atoms with E-state index in [1.54, 1.807) is 18.2 Å². The molecule has 0 aliphatic rings. The van der Waals surface area contributed by atoms with Crippen LogP contribution in [0.1, 0.15) is 22.0 Å². The Morgan fingerprint density at radius 1 is 1.12 bits per heavy atom. The van der Waals surface area contributed by atoms with Gasteiger partial charge in [-0.2, -0.15) is 13.2 Å². The number of halogens is 3. The minimum absolute atomic E-state index is 0.308. The fourth-order valence-electron chi connectivity index (χ4n) is 3.14. The second-order valence-corrected chi connectivity index (χ2v) is 8.08. The predicted octanol–water partition coefficient (Wildman–Crippen LogP) is 5.53. The molecule has 6 nitrogen and oxygen atoms in total. The molecule has 166 valence electrons. The van der Waals surface area contributed by atoms with E-state index in [0.717, 1.165) is 22.7 Å². The van der Waals surface area contributed by atoms with Crippen LogP contribution in [0.4, 0.5) is 13.2 Å². The number of hydrogen-bond acceptors (Lipinski definition) is 6. The molecule has 0 fully saturated rings. The van der Waals surface area contributed by atoms with Gasteiger partial charge in [-0.25, -0.2) is 14.8 Å². The zero-order chi connectivity index (χ0) is 22.9. The van der Waals surface area contributed by atoms with Crippen LogP contribution in [0.25, 0.3) is 21.7 Å². The summed E-state index contributed by atoms with van der Waals surface area (Å²) < 4.78 is 49.3. The highest BCUT2D eigenvalue weighted by Crippen LogP contribution is 2.33. The average molecular weight is 462 g/mol. The van der Waals surface area contributed by atoms with Crippen molar-refractivity contribution in [3.8, 4) is 16.3 Å². The number of aliphatic carboxylic acids is 1. The molecule has 0 aliphatic carbocycles. The van der Waals surface area contributed by atoms with Crippen LogP contribution in [-0.2, 0) is 23.8 Å². The fraction of sp³-hybridized carbons (Fsp3) is 0.227. The Kier molecular flexibility index (Phi) is 5.88. The van der Waals surface area contributed by atoms with Crippen molar-refractivity contribution in [1.82, 2.24) is 9.97 Å². The number of thiazole rings is 1. The molecule has 0 bridgehead atoms. The summed E-state index contributed by atoms with van der Waals surface area (Å²) in [6.07, 6.45) is -3.31. The number of para-hydroxylation sites is 1. The summed E-state index contributed by atoms with van der Waals surface area (Å²) in [6.45, 7) is 1.37. The maximum atomic E-state index is 12.8. The van der Waals surface area contributed by atoms with Gasteiger partial charge in [-0.05, 0) is 37.6 Å². The Balaban J connectivity index is 1.49. The van der Waals surface area contributed by atoms with Gasteiger partial charge in [-0.15, -0.1) is 11.3 Å². The molecule has 0 atom stereocenters. The number of benzene rings is 2. The van der Waals surface area contributed by atoms with Gasteiger partial charge in [-0.1, -0.05) is 18.2 Å². The van der Waals surface area contributed by atoms with Gasteiger partial charge in [0.25, 0.3) is 0 Å². The average Bonchev–Trinajstić information content (AvgIpc) is 3.33. The number of oxazole rings is 1. The molecule has 0 unspecified atom stereocenters. The minimum atomic E-state index is -4.37. The lowest BCUT2D eigenvalue weighted by molar-refractivity contribution is -0.139. The second kappa shape index (κ2) is 8.62. The standard InChI is InChI=1S/C22H17F3N2O4S/c1-12-17(32-21(26-12)13-5-7-14(8-6-13)22(23,24)25)9-10-18-27-15-3-2-4-16(20(15)31-18)30-11-19(28)29/h2-8H,9-11H2,1H3,(H,28,29). The minimum Gasteiger partial charge on any atom is -0.479 e. The molecule has 0 saturated heterocycles. The van der Waals surface area contributed by atoms with Gasteiger partial charge in [0.15, 0.2) is 23.8 Å². The van der Waals surface area contributed by atoms with Crippen molar-refractivity contribution < 1.29 is 32.2 Å². The molecule has 0 saturated carbocycles. The van der Waals surface area contributed by atoms with Crippen LogP contribution in [0, 0.1) is 6.92 Å². The Morgan fingerprint density at radius 3 is 2.56 bits per heavy atom. The molecule has 2 heterocycles. The molecule has 0 aliphatic heterocycles. The summed E-state index contributed by atoms with van der Waals surface area (Å²) in [5.74, 6) is -0.316. The summed E-state index contributed by atoms with van der Waals surface area (Å²) in [6, 6.07) is 10.0. The number of ether oxygens (including phenoxy) is 1. The van der Waals surface area contributed by atoms with Crippen LogP contribution in [0.5, 0.6) is 5.75 Å². The van der Waals surface area contributed by atoms with E-state index in [9.17, 15) is 18.0 Å². The number of hydrogen-bond donors (Lipinski definition) is 1. The number of aryl methyl sites for hydroxylation is 3. The lowest BCUT2D eigenvalue weighted by Crippen LogP contribution is -2.09. The van der Waals surface area contributed by atoms with Gasteiger partial charge < -0.3 is 14.3 Å². The van der Waals surface area contributed by atoms with E-state index in [4.69, 9.17) is 14.3 Å². The fourth-order valence-corrected chi connectivity index (χ4v) is 4.20. The zero-order valence-electron chi connectivity index (χ0n) is 16.8. The van der Waals surface area contributed by atoms with E-state index in [0.29, 0.717) is 46.2 Å². The van der Waals surface area contributed by atoms with Crippen molar-refractivity contribution in [2.24, 2.45) is 0 Å². The normalized spacial score (nSPS) is 11.8. The Morgan fingerprint density at radius 2 is 1.88 bits per heavy atom. The first kappa shape index (κ1) is 21.8. The molecule has 0 spiro atoms. The zero-order valence-corrected chi connectivity index (χ0v) is 17.6. The van der Waals surface area contributed by atoms with Crippen LogP contribution in [0.15, 0.2) is 46.9 Å². The third kappa shape index (κ3) is 4.75. The first-order chi connectivity index (χ1) is 15.2. The van der Waals surface area contributed by atoms with Crippen molar-refractivity contribution in [3.05, 3.63) is 64.5 Å². The van der Waals surface area contributed by atoms with Gasteiger partial charge in [0.2, 0.25) is 0 Å². The molecular formula is C22H17F3N2O4S. The summed E-state index contributed by atoms with van der Waals surface area (Å²) >= 11 is 1.41. The maximum absolute atomic E-state index is 12.8. The molecule has 0 radical (unpaired) electrons. The SMILES string of the molecule is Cc1nc(-c2ccc(C(F)(F)F)cc2)sc1CCc1nc2cccc(OCC(=O)O)c2o1. The van der Waals surface area contributed by atoms with E-state index >= 15 is 0 Å². The molecule has 10 heteroatoms. The smallest absolute Gasteiger partial charge is 0.416 e. The van der Waals surface area contributed by atoms with Gasteiger partial charge in [0.1, 0.15) is 10.5 Å². The highest BCUT2D eigenvalue weighted by molar-refractivity contribution is 7.15. The summed E-state index contributed by atoms with van der Waals surface area (Å²) in [4.78, 5) is 20.6. The number of aromatic nitrogens is 2. The number of fused-ring (bicyclic) bond motifs is 1. The quantitative estimate of drug-likeness (QED) is 0.389. The number of carbonyl (C=O) groups is 1. The highest BCUT2D eigenvalue weighted by atomic mass is 32.1. The van der Waals surface area contributed by atoms with Gasteiger partial charge >= 0.3 is 12.1 Å². The van der Waals surface area contributed by atoms with E-state index in [2.05, 4.69) is 9.97 Å². The summed E-state index contributed by atoms with van der Waals surface area (Å²) in [5.41, 5.74) is 1.67. The summed E-state index contributed by atoms with van der Waals surface area (Å²) in [7, 11) is 0. The van der Waals surface area contributed by atoms with Crippen molar-refractivity contribution in [2.45, 2.75) is 25.9 Å². The highest BCUT2D eigenvalue weighted by Gasteiger charge is 2.30. The molecule has 2 aromatic heterocycles. The first-order valence-electron chi connectivity index (χ1n) is 9.57. The first-order valence-corrected chi connectivity index (χ1v) is 10.4. The van der Waals surface area contributed by atoms with Crippen molar-refractivity contribution in [2.75, 3.05) is 6.61 Å². The monoisotopic (exact) mass is 462 g/mol. The Hall–Kier alpha value is -3.40. The molecule has 32 heavy (non-hydrogen) atoms. The van der Waals surface area contributed by atoms with Crippen molar-refractivity contribution in [3.63, 3.8) is 0 Å². The van der Waals surface area contributed by atoms with E-state index in [1.165, 1.54) is 23.5 Å². The molecule has 0 amide bonds. The molecule has 4 aromatic rings. The van der Waals surface area contributed by atoms with Crippen LogP contribution in [0.3, 0.4) is 0 Å².